The zero-order chi connectivity index (χ0) is 14.7. The molecule has 0 bridgehead atoms. The van der Waals surface area contributed by atoms with Crippen molar-refractivity contribution < 1.29 is 4.79 Å². The van der Waals surface area contributed by atoms with E-state index in [4.69, 9.17) is 5.73 Å². The molecule has 4 N–H and O–H groups in total. The van der Waals surface area contributed by atoms with Gasteiger partial charge in [0.25, 0.3) is 0 Å². The number of hydrogen-bond donors (Lipinski definition) is 3. The van der Waals surface area contributed by atoms with Crippen molar-refractivity contribution in [1.82, 2.24) is 10.3 Å². The SMILES string of the molecule is NC=NCCCC1C(=O)NCCc2c[nH]c3cccc1c23. The highest BCUT2D eigenvalue weighted by molar-refractivity contribution is 5.94. The Hall–Kier alpha value is -2.30. The summed E-state index contributed by atoms with van der Waals surface area (Å²) < 4.78 is 0. The van der Waals surface area contributed by atoms with E-state index in [9.17, 15) is 4.79 Å². The van der Waals surface area contributed by atoms with Gasteiger partial charge in [-0.3, -0.25) is 9.79 Å². The molecule has 1 atom stereocenters. The second kappa shape index (κ2) is 5.99. The molecule has 1 aliphatic rings. The lowest BCUT2D eigenvalue weighted by molar-refractivity contribution is -0.122. The van der Waals surface area contributed by atoms with Crippen molar-refractivity contribution in [2.24, 2.45) is 10.7 Å². The normalized spacial score (nSPS) is 18.7. The molecule has 0 aliphatic carbocycles. The average Bonchev–Trinajstić information content (AvgIpc) is 2.89. The van der Waals surface area contributed by atoms with Gasteiger partial charge in [-0.2, -0.15) is 0 Å². The summed E-state index contributed by atoms with van der Waals surface area (Å²) in [5.41, 5.74) is 8.78. The Kier molecular flexibility index (Phi) is 3.90. The quantitative estimate of drug-likeness (QED) is 0.453. The maximum atomic E-state index is 12.4. The molecule has 0 radical (unpaired) electrons. The average molecular weight is 284 g/mol. The third kappa shape index (κ3) is 2.63. The van der Waals surface area contributed by atoms with E-state index in [0.29, 0.717) is 13.1 Å². The van der Waals surface area contributed by atoms with Crippen molar-refractivity contribution in [1.29, 1.82) is 0 Å². The Morgan fingerprint density at radius 3 is 3.19 bits per heavy atom. The van der Waals surface area contributed by atoms with Gasteiger partial charge in [0.15, 0.2) is 0 Å². The molecule has 5 nitrogen and oxygen atoms in total. The molecule has 2 aromatic rings. The number of hydrogen-bond acceptors (Lipinski definition) is 2. The number of carbonyl (C=O) groups excluding carboxylic acids is 1. The minimum atomic E-state index is -0.114. The van der Waals surface area contributed by atoms with Gasteiger partial charge in [-0.05, 0) is 36.5 Å². The number of nitrogens with zero attached hydrogens (tertiary/aromatic N) is 1. The second-order valence-electron chi connectivity index (χ2n) is 5.37. The highest BCUT2D eigenvalue weighted by Gasteiger charge is 2.25. The summed E-state index contributed by atoms with van der Waals surface area (Å²) in [5, 5.41) is 4.26. The summed E-state index contributed by atoms with van der Waals surface area (Å²) in [6.07, 6.45) is 5.88. The molecule has 0 saturated carbocycles. The number of nitrogens with two attached hydrogens (primary N) is 1. The van der Waals surface area contributed by atoms with Crippen molar-refractivity contribution >= 4 is 23.1 Å². The monoisotopic (exact) mass is 284 g/mol. The molecule has 1 aromatic carbocycles. The molecule has 0 fully saturated rings. The number of rotatable bonds is 4. The zero-order valence-electron chi connectivity index (χ0n) is 11.9. The predicted molar refractivity (Wildman–Crippen MR) is 84.5 cm³/mol. The zero-order valence-corrected chi connectivity index (χ0v) is 11.9. The number of aromatic nitrogens is 1. The molecule has 1 aromatic heterocycles. The topological polar surface area (TPSA) is 83.3 Å². The van der Waals surface area contributed by atoms with Crippen molar-refractivity contribution in [2.45, 2.75) is 25.2 Å². The van der Waals surface area contributed by atoms with Gasteiger partial charge in [0.1, 0.15) is 0 Å². The molecule has 110 valence electrons. The third-order valence-electron chi connectivity index (χ3n) is 4.09. The number of amides is 1. The van der Waals surface area contributed by atoms with Crippen LogP contribution in [-0.4, -0.2) is 30.3 Å². The first-order valence-corrected chi connectivity index (χ1v) is 7.38. The Morgan fingerprint density at radius 2 is 2.33 bits per heavy atom. The molecule has 0 saturated heterocycles. The van der Waals surface area contributed by atoms with Crippen LogP contribution in [0.25, 0.3) is 10.9 Å². The largest absolute Gasteiger partial charge is 0.390 e. The number of H-pyrrole nitrogens is 1. The van der Waals surface area contributed by atoms with Crippen molar-refractivity contribution in [3.05, 3.63) is 35.5 Å². The lowest BCUT2D eigenvalue weighted by atomic mass is 9.88. The van der Waals surface area contributed by atoms with Gasteiger partial charge in [-0.1, -0.05) is 12.1 Å². The Morgan fingerprint density at radius 1 is 1.43 bits per heavy atom. The maximum absolute atomic E-state index is 12.4. The summed E-state index contributed by atoms with van der Waals surface area (Å²) in [6.45, 7) is 1.35. The van der Waals surface area contributed by atoms with Gasteiger partial charge in [0.05, 0.1) is 12.3 Å². The summed E-state index contributed by atoms with van der Waals surface area (Å²) in [7, 11) is 0. The second-order valence-corrected chi connectivity index (χ2v) is 5.37. The Bertz CT molecular complexity index is 674. The van der Waals surface area contributed by atoms with Gasteiger partial charge in [-0.15, -0.1) is 0 Å². The molecular weight excluding hydrogens is 264 g/mol. The van der Waals surface area contributed by atoms with Gasteiger partial charge in [-0.25, -0.2) is 0 Å². The molecule has 3 rings (SSSR count). The maximum Gasteiger partial charge on any atom is 0.227 e. The van der Waals surface area contributed by atoms with Crippen LogP contribution < -0.4 is 11.1 Å². The van der Waals surface area contributed by atoms with E-state index in [0.717, 1.165) is 30.3 Å². The number of aliphatic imine (C=N–C) groups is 1. The molecule has 1 unspecified atom stereocenters. The van der Waals surface area contributed by atoms with Crippen LogP contribution in [0.4, 0.5) is 0 Å². The molecule has 1 aliphatic heterocycles. The number of nitrogens with one attached hydrogen (secondary N) is 2. The fourth-order valence-corrected chi connectivity index (χ4v) is 3.11. The van der Waals surface area contributed by atoms with Crippen molar-refractivity contribution in [3.8, 4) is 0 Å². The Balaban J connectivity index is 1.97. The molecule has 21 heavy (non-hydrogen) atoms. The van der Waals surface area contributed by atoms with E-state index in [1.54, 1.807) is 0 Å². The number of benzene rings is 1. The van der Waals surface area contributed by atoms with E-state index < -0.39 is 0 Å². The van der Waals surface area contributed by atoms with Crippen LogP contribution in [0, 0.1) is 0 Å². The minimum Gasteiger partial charge on any atom is -0.390 e. The number of carbonyl (C=O) groups is 1. The first-order valence-electron chi connectivity index (χ1n) is 7.38. The predicted octanol–water partition coefficient (Wildman–Crippen LogP) is 1.69. The molecule has 2 heterocycles. The van der Waals surface area contributed by atoms with Gasteiger partial charge >= 0.3 is 0 Å². The highest BCUT2D eigenvalue weighted by atomic mass is 16.1. The molecule has 0 spiro atoms. The lowest BCUT2D eigenvalue weighted by Crippen LogP contribution is -2.32. The highest BCUT2D eigenvalue weighted by Crippen LogP contribution is 2.32. The first-order chi connectivity index (χ1) is 10.3. The van der Waals surface area contributed by atoms with Crippen molar-refractivity contribution in [3.63, 3.8) is 0 Å². The van der Waals surface area contributed by atoms with Crippen LogP contribution in [0.3, 0.4) is 0 Å². The summed E-state index contributed by atoms with van der Waals surface area (Å²) >= 11 is 0. The van der Waals surface area contributed by atoms with E-state index in [1.807, 2.05) is 6.07 Å². The van der Waals surface area contributed by atoms with Crippen LogP contribution in [-0.2, 0) is 11.2 Å². The lowest BCUT2D eigenvalue weighted by Gasteiger charge is -2.21. The van der Waals surface area contributed by atoms with Crippen molar-refractivity contribution in [2.75, 3.05) is 13.1 Å². The van der Waals surface area contributed by atoms with E-state index >= 15 is 0 Å². The summed E-state index contributed by atoms with van der Waals surface area (Å²) in [5.74, 6) is 0.00241. The Labute approximate surface area is 123 Å². The van der Waals surface area contributed by atoms with Crippen LogP contribution in [0.1, 0.15) is 29.9 Å². The van der Waals surface area contributed by atoms with E-state index in [2.05, 4.69) is 33.6 Å². The van der Waals surface area contributed by atoms with Gasteiger partial charge in [0, 0.05) is 30.2 Å². The smallest absolute Gasteiger partial charge is 0.227 e. The molecular formula is C16H20N4O. The van der Waals surface area contributed by atoms with E-state index in [-0.39, 0.29) is 11.8 Å². The third-order valence-corrected chi connectivity index (χ3v) is 4.09. The van der Waals surface area contributed by atoms with Crippen LogP contribution in [0.5, 0.6) is 0 Å². The summed E-state index contributed by atoms with van der Waals surface area (Å²) in [6, 6.07) is 6.15. The fraction of sp³-hybridized carbons (Fsp3) is 0.375. The van der Waals surface area contributed by atoms with Crippen LogP contribution in [0.15, 0.2) is 29.4 Å². The fourth-order valence-electron chi connectivity index (χ4n) is 3.11. The van der Waals surface area contributed by atoms with Gasteiger partial charge in [0.2, 0.25) is 5.91 Å². The summed E-state index contributed by atoms with van der Waals surface area (Å²) in [4.78, 5) is 19.7. The standard InChI is InChI=1S/C16H20N4O/c17-10-18-7-2-4-13-12-3-1-5-14-15(12)11(9-20-14)6-8-19-16(13)21/h1,3,5,9-10,13,20H,2,4,6-8H2,(H2,17,18)(H,19,21). The van der Waals surface area contributed by atoms with Gasteiger partial charge < -0.3 is 16.0 Å². The van der Waals surface area contributed by atoms with E-state index in [1.165, 1.54) is 17.3 Å². The van der Waals surface area contributed by atoms with Crippen LogP contribution >= 0.6 is 0 Å². The molecule has 5 heteroatoms. The molecule has 1 amide bonds. The number of aromatic amines is 1. The minimum absolute atomic E-state index is 0.114. The first kappa shape index (κ1) is 13.7. The van der Waals surface area contributed by atoms with Crippen LogP contribution in [0.2, 0.25) is 0 Å².